The second-order valence-electron chi connectivity index (χ2n) is 5.21. The summed E-state index contributed by atoms with van der Waals surface area (Å²) in [5.74, 6) is -0.463. The van der Waals surface area contributed by atoms with Crippen LogP contribution in [0.15, 0.2) is 48.5 Å². The van der Waals surface area contributed by atoms with Gasteiger partial charge in [-0.2, -0.15) is 0 Å². The van der Waals surface area contributed by atoms with Gasteiger partial charge in [0.25, 0.3) is 5.91 Å². The van der Waals surface area contributed by atoms with Crippen molar-refractivity contribution in [3.8, 4) is 5.75 Å². The molecule has 0 fully saturated rings. The molecule has 2 amide bonds. The van der Waals surface area contributed by atoms with E-state index in [9.17, 15) is 14.0 Å². The Hall–Kier alpha value is -2.89. The van der Waals surface area contributed by atoms with E-state index in [1.54, 1.807) is 31.2 Å². The molecule has 1 heterocycles. The maximum absolute atomic E-state index is 12.9. The Morgan fingerprint density at radius 3 is 2.65 bits per heavy atom. The van der Waals surface area contributed by atoms with E-state index in [1.807, 2.05) is 0 Å². The first-order valence-corrected chi connectivity index (χ1v) is 7.17. The topological polar surface area (TPSA) is 58.6 Å². The third-order valence-corrected chi connectivity index (χ3v) is 3.50. The summed E-state index contributed by atoms with van der Waals surface area (Å²) in [5, 5.41) is 2.64. The van der Waals surface area contributed by atoms with Gasteiger partial charge in [0, 0.05) is 5.69 Å². The van der Waals surface area contributed by atoms with Gasteiger partial charge in [-0.3, -0.25) is 14.5 Å². The van der Waals surface area contributed by atoms with E-state index in [-0.39, 0.29) is 24.2 Å². The second kappa shape index (κ2) is 6.08. The highest BCUT2D eigenvalue weighted by Gasteiger charge is 2.32. The van der Waals surface area contributed by atoms with Gasteiger partial charge in [0.05, 0.1) is 5.69 Å². The molecule has 3 rings (SSSR count). The van der Waals surface area contributed by atoms with E-state index in [0.29, 0.717) is 17.1 Å². The Bertz CT molecular complexity index is 746. The fraction of sp³-hybridized carbons (Fsp3) is 0.176. The largest absolute Gasteiger partial charge is 0.479 e. The van der Waals surface area contributed by atoms with Gasteiger partial charge in [0.1, 0.15) is 18.1 Å². The van der Waals surface area contributed by atoms with E-state index in [0.717, 1.165) is 0 Å². The number of hydrogen-bond donors (Lipinski definition) is 1. The maximum atomic E-state index is 12.9. The molecule has 23 heavy (non-hydrogen) atoms. The fourth-order valence-corrected chi connectivity index (χ4v) is 2.40. The number of para-hydroxylation sites is 2. The lowest BCUT2D eigenvalue weighted by molar-refractivity contribution is -0.127. The molecule has 0 unspecified atom stereocenters. The molecule has 118 valence electrons. The van der Waals surface area contributed by atoms with Gasteiger partial charge in [0.2, 0.25) is 5.91 Å². The van der Waals surface area contributed by atoms with E-state index in [2.05, 4.69) is 5.32 Å². The molecule has 0 aromatic heterocycles. The van der Waals surface area contributed by atoms with Crippen LogP contribution < -0.4 is 15.0 Å². The van der Waals surface area contributed by atoms with Crippen molar-refractivity contribution < 1.29 is 18.7 Å². The lowest BCUT2D eigenvalue weighted by Crippen LogP contribution is -2.47. The van der Waals surface area contributed by atoms with E-state index in [1.165, 1.54) is 29.2 Å². The molecule has 2 aromatic rings. The highest BCUT2D eigenvalue weighted by atomic mass is 19.1. The Morgan fingerprint density at radius 2 is 1.91 bits per heavy atom. The predicted molar refractivity (Wildman–Crippen MR) is 83.9 cm³/mol. The SMILES string of the molecule is C[C@H]1Oc2ccccc2N(CC(=O)Nc2ccc(F)cc2)C1=O. The average molecular weight is 314 g/mol. The van der Waals surface area contributed by atoms with Crippen LogP contribution in [-0.4, -0.2) is 24.5 Å². The molecule has 0 radical (unpaired) electrons. The number of benzene rings is 2. The number of carbonyl (C=O) groups excluding carboxylic acids is 2. The van der Waals surface area contributed by atoms with Crippen molar-refractivity contribution in [3.05, 3.63) is 54.3 Å². The molecule has 5 nitrogen and oxygen atoms in total. The monoisotopic (exact) mass is 314 g/mol. The summed E-state index contributed by atoms with van der Waals surface area (Å²) in [6.07, 6.45) is -0.650. The highest BCUT2D eigenvalue weighted by molar-refractivity contribution is 6.06. The minimum absolute atomic E-state index is 0.138. The molecular weight excluding hydrogens is 299 g/mol. The summed E-state index contributed by atoms with van der Waals surface area (Å²) < 4.78 is 18.4. The van der Waals surface area contributed by atoms with Crippen LogP contribution in [0.3, 0.4) is 0 Å². The highest BCUT2D eigenvalue weighted by Crippen LogP contribution is 2.33. The van der Waals surface area contributed by atoms with Crippen molar-refractivity contribution in [2.75, 3.05) is 16.8 Å². The lowest BCUT2D eigenvalue weighted by Gasteiger charge is -2.32. The first-order chi connectivity index (χ1) is 11.0. The second-order valence-corrected chi connectivity index (χ2v) is 5.21. The molecule has 6 heteroatoms. The van der Waals surface area contributed by atoms with E-state index >= 15 is 0 Å². The number of rotatable bonds is 3. The molecule has 2 aromatic carbocycles. The standard InChI is InChI=1S/C17H15FN2O3/c1-11-17(22)20(14-4-2-3-5-15(14)23-11)10-16(21)19-13-8-6-12(18)7-9-13/h2-9,11H,10H2,1H3,(H,19,21)/t11-/m1/s1. The molecular formula is C17H15FN2O3. The summed E-state index contributed by atoms with van der Waals surface area (Å²) in [5.41, 5.74) is 1.03. The van der Waals surface area contributed by atoms with E-state index < -0.39 is 6.10 Å². The molecule has 0 aliphatic carbocycles. The molecule has 0 saturated heterocycles. The molecule has 0 saturated carbocycles. The summed E-state index contributed by atoms with van der Waals surface area (Å²) in [6.45, 7) is 1.50. The molecule has 0 bridgehead atoms. The summed E-state index contributed by atoms with van der Waals surface area (Å²) in [7, 11) is 0. The van der Waals surface area contributed by atoms with E-state index in [4.69, 9.17) is 4.74 Å². The van der Waals surface area contributed by atoms with Crippen molar-refractivity contribution in [2.24, 2.45) is 0 Å². The molecule has 0 spiro atoms. The van der Waals surface area contributed by atoms with Crippen LogP contribution in [0.25, 0.3) is 0 Å². The van der Waals surface area contributed by atoms with Crippen LogP contribution in [0.5, 0.6) is 5.75 Å². The summed E-state index contributed by atoms with van der Waals surface area (Å²) >= 11 is 0. The number of nitrogens with one attached hydrogen (secondary N) is 1. The van der Waals surface area contributed by atoms with Crippen LogP contribution in [0.2, 0.25) is 0 Å². The molecule has 1 N–H and O–H groups in total. The van der Waals surface area contributed by atoms with Crippen molar-refractivity contribution >= 4 is 23.2 Å². The van der Waals surface area contributed by atoms with Crippen LogP contribution in [0.4, 0.5) is 15.8 Å². The number of carbonyl (C=O) groups is 2. The fourth-order valence-electron chi connectivity index (χ4n) is 2.40. The summed E-state index contributed by atoms with van der Waals surface area (Å²) in [6, 6.07) is 12.5. The lowest BCUT2D eigenvalue weighted by atomic mass is 10.2. The maximum Gasteiger partial charge on any atom is 0.268 e. The zero-order valence-electron chi connectivity index (χ0n) is 12.5. The van der Waals surface area contributed by atoms with Crippen LogP contribution >= 0.6 is 0 Å². The van der Waals surface area contributed by atoms with Crippen LogP contribution in [0, 0.1) is 5.82 Å². The number of anilines is 2. The Labute approximate surface area is 132 Å². The summed E-state index contributed by atoms with van der Waals surface area (Å²) in [4.78, 5) is 25.9. The predicted octanol–water partition coefficient (Wildman–Crippen LogP) is 2.58. The minimum Gasteiger partial charge on any atom is -0.479 e. The van der Waals surface area contributed by atoms with Crippen LogP contribution in [-0.2, 0) is 9.59 Å². The number of halogens is 1. The quantitative estimate of drug-likeness (QED) is 0.947. The van der Waals surface area contributed by atoms with Gasteiger partial charge in [-0.25, -0.2) is 4.39 Å². The Kier molecular flexibility index (Phi) is 3.97. The zero-order chi connectivity index (χ0) is 16.4. The van der Waals surface area contributed by atoms with Gasteiger partial charge in [-0.1, -0.05) is 12.1 Å². The first kappa shape index (κ1) is 15.0. The third kappa shape index (κ3) is 3.15. The molecule has 1 aliphatic heterocycles. The van der Waals surface area contributed by atoms with Gasteiger partial charge in [-0.15, -0.1) is 0 Å². The zero-order valence-corrected chi connectivity index (χ0v) is 12.5. The number of hydrogen-bond acceptors (Lipinski definition) is 3. The normalized spacial score (nSPS) is 16.5. The third-order valence-electron chi connectivity index (χ3n) is 3.50. The van der Waals surface area contributed by atoms with Crippen molar-refractivity contribution in [1.29, 1.82) is 0 Å². The van der Waals surface area contributed by atoms with Crippen LogP contribution in [0.1, 0.15) is 6.92 Å². The van der Waals surface area contributed by atoms with Crippen molar-refractivity contribution in [2.45, 2.75) is 13.0 Å². The van der Waals surface area contributed by atoms with Crippen molar-refractivity contribution in [1.82, 2.24) is 0 Å². The first-order valence-electron chi connectivity index (χ1n) is 7.17. The molecule has 1 aliphatic rings. The smallest absolute Gasteiger partial charge is 0.268 e. The number of fused-ring (bicyclic) bond motifs is 1. The van der Waals surface area contributed by atoms with Gasteiger partial charge < -0.3 is 10.1 Å². The molecule has 1 atom stereocenters. The van der Waals surface area contributed by atoms with Crippen molar-refractivity contribution in [3.63, 3.8) is 0 Å². The van der Waals surface area contributed by atoms with Gasteiger partial charge >= 0.3 is 0 Å². The van der Waals surface area contributed by atoms with Gasteiger partial charge in [0.15, 0.2) is 6.10 Å². The minimum atomic E-state index is -0.650. The van der Waals surface area contributed by atoms with Gasteiger partial charge in [-0.05, 0) is 43.3 Å². The Balaban J connectivity index is 1.77. The average Bonchev–Trinajstić information content (AvgIpc) is 2.54. The Morgan fingerprint density at radius 1 is 1.22 bits per heavy atom. The number of amides is 2. The number of ether oxygens (including phenoxy) is 1. The number of nitrogens with zero attached hydrogens (tertiary/aromatic N) is 1.